The van der Waals surface area contributed by atoms with Crippen molar-refractivity contribution in [3.05, 3.63) is 41.3 Å². The zero-order valence-electron chi connectivity index (χ0n) is 15.6. The highest BCUT2D eigenvalue weighted by Crippen LogP contribution is 2.31. The topological polar surface area (TPSA) is 100 Å². The van der Waals surface area contributed by atoms with Gasteiger partial charge >= 0.3 is 5.97 Å². The average molecular weight is 395 g/mol. The maximum atomic E-state index is 13.3. The molecule has 2 aromatic rings. The van der Waals surface area contributed by atoms with Gasteiger partial charge in [-0.25, -0.2) is 27.1 Å². The minimum Gasteiger partial charge on any atom is -0.481 e. The number of anilines is 1. The monoisotopic (exact) mass is 395 g/mol. The van der Waals surface area contributed by atoms with Crippen LogP contribution < -0.4 is 4.31 Å². The molecule has 1 heterocycles. The van der Waals surface area contributed by atoms with E-state index in [1.165, 1.54) is 31.3 Å². The molecule has 1 aromatic heterocycles. The molecule has 1 aromatic carbocycles. The zero-order valence-corrected chi connectivity index (χ0v) is 16.4. The Kier molecular flexibility index (Phi) is 6.15. The molecule has 0 bridgehead atoms. The third-order valence-electron chi connectivity index (χ3n) is 4.06. The fraction of sp³-hybridized carbons (Fsp3) is 0.389. The van der Waals surface area contributed by atoms with E-state index in [2.05, 4.69) is 9.97 Å². The first-order chi connectivity index (χ1) is 12.5. The van der Waals surface area contributed by atoms with Crippen molar-refractivity contribution in [1.82, 2.24) is 9.97 Å². The third kappa shape index (κ3) is 5.00. The Balaban J connectivity index is 2.75. The summed E-state index contributed by atoms with van der Waals surface area (Å²) in [6, 6.07) is 5.59. The SMILES string of the molecule is CC(C)c1nc(N(C)S(C)(=O)=O)nc(-c2ccc(F)cc2)c1CCC(=O)O. The molecule has 146 valence electrons. The van der Waals surface area contributed by atoms with Gasteiger partial charge in [-0.3, -0.25) is 4.79 Å². The number of halogens is 1. The highest BCUT2D eigenvalue weighted by molar-refractivity contribution is 7.92. The molecule has 0 unspecified atom stereocenters. The Labute approximate surface area is 157 Å². The largest absolute Gasteiger partial charge is 0.481 e. The van der Waals surface area contributed by atoms with Crippen molar-refractivity contribution in [2.75, 3.05) is 17.6 Å². The smallest absolute Gasteiger partial charge is 0.303 e. The van der Waals surface area contributed by atoms with Crippen LogP contribution in [0.5, 0.6) is 0 Å². The second-order valence-corrected chi connectivity index (χ2v) is 8.54. The predicted molar refractivity (Wildman–Crippen MR) is 101 cm³/mol. The van der Waals surface area contributed by atoms with Crippen molar-refractivity contribution in [2.45, 2.75) is 32.6 Å². The number of nitrogens with zero attached hydrogens (tertiary/aromatic N) is 3. The van der Waals surface area contributed by atoms with E-state index in [0.29, 0.717) is 22.5 Å². The van der Waals surface area contributed by atoms with Crippen LogP contribution in [0.25, 0.3) is 11.3 Å². The molecule has 0 aliphatic carbocycles. The summed E-state index contributed by atoms with van der Waals surface area (Å²) >= 11 is 0. The van der Waals surface area contributed by atoms with E-state index in [1.54, 1.807) is 0 Å². The van der Waals surface area contributed by atoms with E-state index in [4.69, 9.17) is 5.11 Å². The lowest BCUT2D eigenvalue weighted by Crippen LogP contribution is -2.28. The van der Waals surface area contributed by atoms with Crippen LogP contribution in [0.1, 0.15) is 37.4 Å². The Morgan fingerprint density at radius 1 is 1.22 bits per heavy atom. The van der Waals surface area contributed by atoms with Gasteiger partial charge in [0.15, 0.2) is 0 Å². The van der Waals surface area contributed by atoms with Gasteiger partial charge in [0.1, 0.15) is 5.82 Å². The van der Waals surface area contributed by atoms with Gasteiger partial charge in [-0.1, -0.05) is 13.8 Å². The van der Waals surface area contributed by atoms with Crippen molar-refractivity contribution in [3.63, 3.8) is 0 Å². The number of rotatable bonds is 7. The van der Waals surface area contributed by atoms with Gasteiger partial charge in [0.25, 0.3) is 0 Å². The maximum Gasteiger partial charge on any atom is 0.303 e. The Hall–Kier alpha value is -2.55. The lowest BCUT2D eigenvalue weighted by atomic mass is 9.95. The summed E-state index contributed by atoms with van der Waals surface area (Å²) in [5.74, 6) is -1.49. The standard InChI is InChI=1S/C18H22FN3O4S/c1-11(2)16-14(9-10-15(23)24)17(12-5-7-13(19)8-6-12)21-18(20-16)22(3)27(4,25)26/h5-8,11H,9-10H2,1-4H3,(H,23,24). The molecule has 1 N–H and O–H groups in total. The molecular weight excluding hydrogens is 373 g/mol. The van der Waals surface area contributed by atoms with Gasteiger partial charge in [0, 0.05) is 24.6 Å². The molecule has 0 aliphatic rings. The summed E-state index contributed by atoms with van der Waals surface area (Å²) in [6.45, 7) is 3.76. The first-order valence-electron chi connectivity index (χ1n) is 8.33. The molecule has 0 spiro atoms. The van der Waals surface area contributed by atoms with Gasteiger partial charge in [0.05, 0.1) is 17.6 Å². The summed E-state index contributed by atoms with van der Waals surface area (Å²) < 4.78 is 38.1. The fourth-order valence-electron chi connectivity index (χ4n) is 2.58. The molecule has 27 heavy (non-hydrogen) atoms. The zero-order chi connectivity index (χ0) is 20.4. The Morgan fingerprint density at radius 2 is 1.81 bits per heavy atom. The Bertz CT molecular complexity index is 944. The normalized spacial score (nSPS) is 11.6. The lowest BCUT2D eigenvalue weighted by Gasteiger charge is -2.21. The van der Waals surface area contributed by atoms with Crippen molar-refractivity contribution >= 4 is 21.9 Å². The molecular formula is C18H22FN3O4S. The molecule has 0 fully saturated rings. The summed E-state index contributed by atoms with van der Waals surface area (Å²) in [5, 5.41) is 9.07. The number of hydrogen-bond donors (Lipinski definition) is 1. The molecule has 7 nitrogen and oxygen atoms in total. The number of benzene rings is 1. The number of carbonyl (C=O) groups is 1. The van der Waals surface area contributed by atoms with Crippen molar-refractivity contribution in [1.29, 1.82) is 0 Å². The summed E-state index contributed by atoms with van der Waals surface area (Å²) in [7, 11) is -2.24. The molecule has 0 atom stereocenters. The predicted octanol–water partition coefficient (Wildman–Crippen LogP) is 2.82. The van der Waals surface area contributed by atoms with Crippen LogP contribution in [0, 0.1) is 5.82 Å². The van der Waals surface area contributed by atoms with Gasteiger partial charge < -0.3 is 5.11 Å². The third-order valence-corrected chi connectivity index (χ3v) is 5.22. The highest BCUT2D eigenvalue weighted by atomic mass is 32.2. The van der Waals surface area contributed by atoms with Crippen LogP contribution in [0.3, 0.4) is 0 Å². The van der Waals surface area contributed by atoms with E-state index in [0.717, 1.165) is 10.6 Å². The fourth-order valence-corrected chi connectivity index (χ4v) is 2.96. The van der Waals surface area contributed by atoms with Crippen molar-refractivity contribution < 1.29 is 22.7 Å². The number of sulfonamides is 1. The maximum absolute atomic E-state index is 13.3. The van der Waals surface area contributed by atoms with Gasteiger partial charge in [0.2, 0.25) is 16.0 Å². The molecule has 0 radical (unpaired) electrons. The molecule has 0 saturated carbocycles. The Morgan fingerprint density at radius 3 is 2.30 bits per heavy atom. The minimum absolute atomic E-state index is 0.0143. The molecule has 9 heteroatoms. The quantitative estimate of drug-likeness (QED) is 0.774. The number of hydrogen-bond acceptors (Lipinski definition) is 5. The van der Waals surface area contributed by atoms with E-state index in [9.17, 15) is 17.6 Å². The van der Waals surface area contributed by atoms with E-state index < -0.39 is 21.8 Å². The second-order valence-electron chi connectivity index (χ2n) is 6.52. The van der Waals surface area contributed by atoms with Crippen LogP contribution in [-0.2, 0) is 21.2 Å². The minimum atomic E-state index is -3.59. The van der Waals surface area contributed by atoms with Crippen LogP contribution in [-0.4, -0.2) is 42.8 Å². The van der Waals surface area contributed by atoms with E-state index in [1.807, 2.05) is 13.8 Å². The van der Waals surface area contributed by atoms with Crippen LogP contribution in [0.2, 0.25) is 0 Å². The van der Waals surface area contributed by atoms with E-state index in [-0.39, 0.29) is 24.7 Å². The number of aliphatic carboxylic acids is 1. The highest BCUT2D eigenvalue weighted by Gasteiger charge is 2.23. The van der Waals surface area contributed by atoms with Crippen LogP contribution >= 0.6 is 0 Å². The average Bonchev–Trinajstić information content (AvgIpc) is 2.58. The number of carboxylic acid groups (broad SMARTS) is 1. The lowest BCUT2D eigenvalue weighted by molar-refractivity contribution is -0.136. The van der Waals surface area contributed by atoms with Crippen LogP contribution in [0.15, 0.2) is 24.3 Å². The second kappa shape index (κ2) is 7.99. The van der Waals surface area contributed by atoms with E-state index >= 15 is 0 Å². The van der Waals surface area contributed by atoms with Crippen LogP contribution in [0.4, 0.5) is 10.3 Å². The summed E-state index contributed by atoms with van der Waals surface area (Å²) in [5.41, 5.74) is 2.14. The molecule has 0 aliphatic heterocycles. The molecule has 0 saturated heterocycles. The van der Waals surface area contributed by atoms with Gasteiger partial charge in [-0.15, -0.1) is 0 Å². The molecule has 0 amide bonds. The van der Waals surface area contributed by atoms with Gasteiger partial charge in [-0.05, 0) is 36.6 Å². The summed E-state index contributed by atoms with van der Waals surface area (Å²) in [6.07, 6.45) is 1.10. The van der Waals surface area contributed by atoms with Crippen molar-refractivity contribution in [3.8, 4) is 11.3 Å². The first kappa shape index (κ1) is 20.8. The molecule has 2 rings (SSSR count). The summed E-state index contributed by atoms with van der Waals surface area (Å²) in [4.78, 5) is 19.8. The first-order valence-corrected chi connectivity index (χ1v) is 10.2. The van der Waals surface area contributed by atoms with Crippen molar-refractivity contribution in [2.24, 2.45) is 0 Å². The number of aromatic nitrogens is 2. The van der Waals surface area contributed by atoms with Gasteiger partial charge in [-0.2, -0.15) is 0 Å². The number of carboxylic acids is 1.